The van der Waals surface area contributed by atoms with Crippen LogP contribution in [0.3, 0.4) is 0 Å². The second-order valence-corrected chi connectivity index (χ2v) is 8.96. The van der Waals surface area contributed by atoms with Crippen molar-refractivity contribution in [3.63, 3.8) is 0 Å². The topological polar surface area (TPSA) is 81.4 Å². The van der Waals surface area contributed by atoms with Gasteiger partial charge < -0.3 is 14.5 Å². The summed E-state index contributed by atoms with van der Waals surface area (Å²) in [5.41, 5.74) is 1.88. The molecule has 0 fully saturated rings. The maximum absolute atomic E-state index is 13.9. The zero-order valence-corrected chi connectivity index (χ0v) is 18.3. The summed E-state index contributed by atoms with van der Waals surface area (Å²) in [5.74, 6) is 0.158. The van der Waals surface area contributed by atoms with E-state index in [-0.39, 0.29) is 28.2 Å². The minimum Gasteiger partial charge on any atom is -0.496 e. The van der Waals surface area contributed by atoms with Crippen LogP contribution >= 0.6 is 0 Å². The summed E-state index contributed by atoms with van der Waals surface area (Å²) in [6.07, 6.45) is 0. The van der Waals surface area contributed by atoms with Crippen molar-refractivity contribution in [2.24, 2.45) is 0 Å². The van der Waals surface area contributed by atoms with Crippen LogP contribution in [0.5, 0.6) is 5.75 Å². The first-order valence-electron chi connectivity index (χ1n) is 9.83. The van der Waals surface area contributed by atoms with Gasteiger partial charge in [0.05, 0.1) is 12.0 Å². The van der Waals surface area contributed by atoms with Gasteiger partial charge in [0.1, 0.15) is 11.6 Å². The molecule has 0 radical (unpaired) electrons. The summed E-state index contributed by atoms with van der Waals surface area (Å²) in [6, 6.07) is 19.5. The highest BCUT2D eigenvalue weighted by molar-refractivity contribution is 7.91. The normalized spacial score (nSPS) is 11.3. The van der Waals surface area contributed by atoms with Crippen LogP contribution in [0, 0.1) is 12.7 Å². The van der Waals surface area contributed by atoms with Gasteiger partial charge in [-0.3, -0.25) is 0 Å². The van der Waals surface area contributed by atoms with Gasteiger partial charge in [-0.2, -0.15) is 4.98 Å². The Morgan fingerprint density at radius 1 is 1.03 bits per heavy atom. The van der Waals surface area contributed by atoms with Crippen molar-refractivity contribution in [3.8, 4) is 17.2 Å². The number of methoxy groups -OCH3 is 1. The van der Waals surface area contributed by atoms with Gasteiger partial charge >= 0.3 is 0 Å². The van der Waals surface area contributed by atoms with E-state index in [0.29, 0.717) is 16.9 Å². The van der Waals surface area contributed by atoms with Crippen molar-refractivity contribution in [2.75, 3.05) is 12.4 Å². The lowest BCUT2D eigenvalue weighted by Crippen LogP contribution is -2.08. The standard InChI is InChI=1S/C24H21FN2O4S/c1-16-12-13-18(25)14-20(16)22-27-24(32(28,29)19-9-4-3-5-10-19)23(31-22)26-15-17-8-6-7-11-21(17)30-2/h3-14,26H,15H2,1-2H3. The third-order valence-electron chi connectivity index (χ3n) is 4.97. The van der Waals surface area contributed by atoms with Gasteiger partial charge in [0.25, 0.3) is 0 Å². The predicted octanol–water partition coefficient (Wildman–Crippen LogP) is 5.24. The highest BCUT2D eigenvalue weighted by atomic mass is 32.2. The summed E-state index contributed by atoms with van der Waals surface area (Å²) in [4.78, 5) is 4.35. The van der Waals surface area contributed by atoms with Crippen molar-refractivity contribution >= 4 is 15.7 Å². The number of nitrogens with one attached hydrogen (secondary N) is 1. The molecule has 0 aliphatic rings. The van der Waals surface area contributed by atoms with Gasteiger partial charge in [-0.15, -0.1) is 0 Å². The molecular weight excluding hydrogens is 431 g/mol. The number of anilines is 1. The lowest BCUT2D eigenvalue weighted by Gasteiger charge is -2.09. The third-order valence-corrected chi connectivity index (χ3v) is 6.64. The number of ether oxygens (including phenoxy) is 1. The second kappa shape index (κ2) is 8.84. The Labute approximate surface area is 185 Å². The molecule has 4 aromatic rings. The van der Waals surface area contributed by atoms with Gasteiger partial charge in [0.2, 0.25) is 26.6 Å². The molecule has 1 heterocycles. The molecule has 6 nitrogen and oxygen atoms in total. The minimum atomic E-state index is -3.99. The molecule has 4 rings (SSSR count). The molecule has 0 atom stereocenters. The van der Waals surface area contributed by atoms with Crippen LogP contribution in [0.4, 0.5) is 10.3 Å². The summed E-state index contributed by atoms with van der Waals surface area (Å²) in [7, 11) is -2.43. The molecule has 8 heteroatoms. The summed E-state index contributed by atoms with van der Waals surface area (Å²) in [6.45, 7) is 2.00. The number of hydrogen-bond donors (Lipinski definition) is 1. The van der Waals surface area contributed by atoms with Crippen LogP contribution in [0.25, 0.3) is 11.5 Å². The summed E-state index contributed by atoms with van der Waals surface area (Å²) in [5, 5.41) is 2.76. The molecule has 0 aliphatic carbocycles. The van der Waals surface area contributed by atoms with Crippen molar-refractivity contribution in [1.82, 2.24) is 4.98 Å². The fourth-order valence-electron chi connectivity index (χ4n) is 3.28. The molecule has 0 unspecified atom stereocenters. The van der Waals surface area contributed by atoms with E-state index >= 15 is 0 Å². The van der Waals surface area contributed by atoms with Crippen molar-refractivity contribution in [3.05, 3.63) is 89.7 Å². The van der Waals surface area contributed by atoms with Crippen LogP contribution in [0.1, 0.15) is 11.1 Å². The van der Waals surface area contributed by atoms with Crippen LogP contribution in [0.15, 0.2) is 87.1 Å². The molecule has 1 N–H and O–H groups in total. The van der Waals surface area contributed by atoms with Crippen molar-refractivity contribution < 1.29 is 22.0 Å². The number of halogens is 1. The van der Waals surface area contributed by atoms with E-state index in [2.05, 4.69) is 10.3 Å². The van der Waals surface area contributed by atoms with E-state index in [1.807, 2.05) is 18.2 Å². The van der Waals surface area contributed by atoms with Crippen molar-refractivity contribution in [2.45, 2.75) is 23.4 Å². The molecule has 0 bridgehead atoms. The maximum Gasteiger partial charge on any atom is 0.234 e. The van der Waals surface area contributed by atoms with Crippen LogP contribution < -0.4 is 10.1 Å². The fraction of sp³-hybridized carbons (Fsp3) is 0.125. The van der Waals surface area contributed by atoms with Crippen molar-refractivity contribution in [1.29, 1.82) is 0 Å². The first-order valence-corrected chi connectivity index (χ1v) is 11.3. The number of nitrogens with zero attached hydrogens (tertiary/aromatic N) is 1. The quantitative estimate of drug-likeness (QED) is 0.413. The first-order chi connectivity index (χ1) is 15.4. The average Bonchev–Trinajstić information content (AvgIpc) is 3.25. The molecule has 32 heavy (non-hydrogen) atoms. The van der Waals surface area contributed by atoms with Gasteiger partial charge in [-0.05, 0) is 42.8 Å². The van der Waals surface area contributed by atoms with Crippen LogP contribution in [-0.2, 0) is 16.4 Å². The minimum absolute atomic E-state index is 0.0130. The van der Waals surface area contributed by atoms with E-state index < -0.39 is 15.7 Å². The lowest BCUT2D eigenvalue weighted by molar-refractivity contribution is 0.410. The molecule has 0 saturated heterocycles. The van der Waals surface area contributed by atoms with E-state index in [4.69, 9.17) is 9.15 Å². The maximum atomic E-state index is 13.9. The van der Waals surface area contributed by atoms with E-state index in [0.717, 1.165) is 5.56 Å². The Bertz CT molecular complexity index is 1350. The highest BCUT2D eigenvalue weighted by Crippen LogP contribution is 2.34. The Hall–Kier alpha value is -3.65. The second-order valence-electron chi connectivity index (χ2n) is 7.09. The Kier molecular flexibility index (Phi) is 5.96. The number of aryl methyl sites for hydroxylation is 1. The van der Waals surface area contributed by atoms with E-state index in [1.54, 1.807) is 44.4 Å². The van der Waals surface area contributed by atoms with Gasteiger partial charge in [-0.25, -0.2) is 12.8 Å². The number of hydrogen-bond acceptors (Lipinski definition) is 6. The van der Waals surface area contributed by atoms with Gasteiger partial charge in [0.15, 0.2) is 0 Å². The summed E-state index contributed by atoms with van der Waals surface area (Å²) >= 11 is 0. The first kappa shape index (κ1) is 21.6. The monoisotopic (exact) mass is 452 g/mol. The Morgan fingerprint density at radius 3 is 2.50 bits per heavy atom. The van der Waals surface area contributed by atoms with Gasteiger partial charge in [0, 0.05) is 17.7 Å². The number of oxazole rings is 1. The fourth-order valence-corrected chi connectivity index (χ4v) is 4.58. The zero-order chi connectivity index (χ0) is 22.7. The molecule has 3 aromatic carbocycles. The van der Waals surface area contributed by atoms with E-state index in [1.165, 1.54) is 24.3 Å². The molecule has 1 aromatic heterocycles. The van der Waals surface area contributed by atoms with E-state index in [9.17, 15) is 12.8 Å². The predicted molar refractivity (Wildman–Crippen MR) is 119 cm³/mol. The number of sulfone groups is 1. The number of para-hydroxylation sites is 1. The van der Waals surface area contributed by atoms with Gasteiger partial charge in [-0.1, -0.05) is 42.5 Å². The molecule has 0 spiro atoms. The average molecular weight is 453 g/mol. The Morgan fingerprint density at radius 2 is 1.75 bits per heavy atom. The SMILES string of the molecule is COc1ccccc1CNc1oc(-c2cc(F)ccc2C)nc1S(=O)(=O)c1ccccc1. The number of aromatic nitrogens is 1. The zero-order valence-electron chi connectivity index (χ0n) is 17.5. The number of benzene rings is 3. The molecule has 164 valence electrons. The third kappa shape index (κ3) is 4.22. The molecular formula is C24H21FN2O4S. The molecule has 0 saturated carbocycles. The van der Waals surface area contributed by atoms with Crippen LogP contribution in [0.2, 0.25) is 0 Å². The highest BCUT2D eigenvalue weighted by Gasteiger charge is 2.29. The molecule has 0 aliphatic heterocycles. The lowest BCUT2D eigenvalue weighted by atomic mass is 10.1. The summed E-state index contributed by atoms with van der Waals surface area (Å²) < 4.78 is 51.7. The molecule has 0 amide bonds. The largest absolute Gasteiger partial charge is 0.496 e. The number of rotatable bonds is 7. The Balaban J connectivity index is 1.80. The van der Waals surface area contributed by atoms with Crippen LogP contribution in [-0.4, -0.2) is 20.5 Å². The smallest absolute Gasteiger partial charge is 0.234 e.